The summed E-state index contributed by atoms with van der Waals surface area (Å²) in [5.74, 6) is 0. The van der Waals surface area contributed by atoms with E-state index in [1.165, 1.54) is 0 Å². The molecule has 0 atom stereocenters. The highest BCUT2D eigenvalue weighted by molar-refractivity contribution is 6.43. The second kappa shape index (κ2) is 6.52. The molecule has 0 bridgehead atoms. The van der Waals surface area contributed by atoms with Crippen LogP contribution in [0.5, 0.6) is 0 Å². The van der Waals surface area contributed by atoms with Gasteiger partial charge in [-0.25, -0.2) is 4.79 Å². The van der Waals surface area contributed by atoms with E-state index in [0.29, 0.717) is 4.57 Å². The second-order valence-corrected chi connectivity index (χ2v) is 5.68. The molecule has 25 heavy (non-hydrogen) atoms. The van der Waals surface area contributed by atoms with E-state index in [4.69, 9.17) is 23.2 Å². The molecule has 0 N–H and O–H groups in total. The number of rotatable bonds is 3. The lowest BCUT2D eigenvalue weighted by molar-refractivity contribution is -0.384. The maximum Gasteiger partial charge on any atom is 0.431 e. The Morgan fingerprint density at radius 2 is 1.80 bits per heavy atom. The molecule has 0 unspecified atom stereocenters. The van der Waals surface area contributed by atoms with Gasteiger partial charge in [0.05, 0.1) is 16.5 Å². The molecule has 0 aliphatic heterocycles. The Morgan fingerprint density at radius 3 is 2.32 bits per heavy atom. The van der Waals surface area contributed by atoms with Crippen LogP contribution in [0.2, 0.25) is 10.0 Å². The molecule has 0 radical (unpaired) electrons. The second-order valence-electron chi connectivity index (χ2n) is 4.92. The number of benzene rings is 1. The van der Waals surface area contributed by atoms with Crippen molar-refractivity contribution in [2.24, 2.45) is 7.05 Å². The zero-order valence-electron chi connectivity index (χ0n) is 12.3. The van der Waals surface area contributed by atoms with Gasteiger partial charge in [-0.15, -0.1) is 0 Å². The predicted molar refractivity (Wildman–Crippen MR) is 83.2 cm³/mol. The van der Waals surface area contributed by atoms with Gasteiger partial charge in [0.25, 0.3) is 11.2 Å². The molecule has 0 aliphatic carbocycles. The molecule has 0 saturated carbocycles. The molecule has 1 aromatic heterocycles. The predicted octanol–water partition coefficient (Wildman–Crippen LogP) is 2.83. The highest BCUT2D eigenvalue weighted by Gasteiger charge is 2.35. The summed E-state index contributed by atoms with van der Waals surface area (Å²) < 4.78 is 39.2. The largest absolute Gasteiger partial charge is 0.431 e. The summed E-state index contributed by atoms with van der Waals surface area (Å²) in [7, 11) is 0.867. The van der Waals surface area contributed by atoms with E-state index in [1.54, 1.807) is 0 Å². The van der Waals surface area contributed by atoms with Gasteiger partial charge in [-0.1, -0.05) is 23.2 Å². The maximum atomic E-state index is 12.8. The summed E-state index contributed by atoms with van der Waals surface area (Å²) in [6.07, 6.45) is -4.87. The van der Waals surface area contributed by atoms with Crippen LogP contribution in [0.15, 0.2) is 27.8 Å². The first kappa shape index (κ1) is 19.0. The molecule has 134 valence electrons. The minimum atomic E-state index is -4.87. The Hall–Kier alpha value is -2.33. The number of aromatic nitrogens is 2. The highest BCUT2D eigenvalue weighted by Crippen LogP contribution is 2.34. The molecule has 0 saturated heterocycles. The van der Waals surface area contributed by atoms with Crippen LogP contribution in [-0.4, -0.2) is 14.1 Å². The van der Waals surface area contributed by atoms with Crippen molar-refractivity contribution in [3.63, 3.8) is 0 Å². The van der Waals surface area contributed by atoms with Gasteiger partial charge in [0.2, 0.25) is 0 Å². The number of hydrogen-bond donors (Lipinski definition) is 0. The summed E-state index contributed by atoms with van der Waals surface area (Å²) in [6.45, 7) is -0.500. The topological polar surface area (TPSA) is 87.1 Å². The van der Waals surface area contributed by atoms with Gasteiger partial charge in [0.1, 0.15) is 10.7 Å². The quantitative estimate of drug-likeness (QED) is 0.588. The van der Waals surface area contributed by atoms with Crippen LogP contribution in [0, 0.1) is 10.1 Å². The average Bonchev–Trinajstić information content (AvgIpc) is 2.49. The molecule has 1 aromatic carbocycles. The molecule has 2 rings (SSSR count). The number of nitro groups is 1. The number of hydrogen-bond acceptors (Lipinski definition) is 4. The molecule has 0 amide bonds. The summed E-state index contributed by atoms with van der Waals surface area (Å²) in [5.41, 5.74) is -4.22. The average molecular weight is 398 g/mol. The maximum absolute atomic E-state index is 12.8. The molecule has 0 fully saturated rings. The van der Waals surface area contributed by atoms with Gasteiger partial charge >= 0.3 is 11.9 Å². The van der Waals surface area contributed by atoms with Gasteiger partial charge in [-0.05, 0) is 11.6 Å². The van der Waals surface area contributed by atoms with Crippen molar-refractivity contribution in [1.29, 1.82) is 0 Å². The van der Waals surface area contributed by atoms with E-state index in [-0.39, 0.29) is 21.2 Å². The van der Waals surface area contributed by atoms with Crippen LogP contribution in [0.4, 0.5) is 18.9 Å². The minimum absolute atomic E-state index is 0.0659. The molecular weight excluding hydrogens is 390 g/mol. The van der Waals surface area contributed by atoms with E-state index in [9.17, 15) is 32.9 Å². The Bertz CT molecular complexity index is 982. The van der Waals surface area contributed by atoms with Crippen molar-refractivity contribution >= 4 is 28.9 Å². The van der Waals surface area contributed by atoms with E-state index in [1.807, 2.05) is 0 Å². The Morgan fingerprint density at radius 1 is 1.20 bits per heavy atom. The van der Waals surface area contributed by atoms with Gasteiger partial charge in [0.15, 0.2) is 0 Å². The van der Waals surface area contributed by atoms with Crippen molar-refractivity contribution < 1.29 is 18.1 Å². The third-order valence-corrected chi connectivity index (χ3v) is 4.27. The van der Waals surface area contributed by atoms with Gasteiger partial charge < -0.3 is 0 Å². The smallest absolute Gasteiger partial charge is 0.292 e. The molecule has 0 aliphatic rings. The fourth-order valence-electron chi connectivity index (χ4n) is 2.10. The lowest BCUT2D eigenvalue weighted by Crippen LogP contribution is -2.41. The van der Waals surface area contributed by atoms with Crippen LogP contribution in [0.25, 0.3) is 0 Å². The standard InChI is InChI=1S/C13H8Cl2F3N3O4/c1-19-8(13(16,17)18)4-9(22)20(12(19)23)5-6-2-3-7(21(24)25)11(15)10(6)14/h2-4H,5H2,1H3. The summed E-state index contributed by atoms with van der Waals surface area (Å²) >= 11 is 11.7. The fraction of sp³-hybridized carbons (Fsp3) is 0.231. The third kappa shape index (κ3) is 3.54. The van der Waals surface area contributed by atoms with Crippen molar-refractivity contribution in [3.8, 4) is 0 Å². The van der Waals surface area contributed by atoms with Crippen LogP contribution >= 0.6 is 23.2 Å². The lowest BCUT2D eigenvalue weighted by Gasteiger charge is -2.14. The van der Waals surface area contributed by atoms with Crippen molar-refractivity contribution in [2.75, 3.05) is 0 Å². The Balaban J connectivity index is 2.58. The SMILES string of the molecule is Cn1c(C(F)(F)F)cc(=O)n(Cc2ccc([N+](=O)[O-])c(Cl)c2Cl)c1=O. The third-order valence-electron chi connectivity index (χ3n) is 3.36. The van der Waals surface area contributed by atoms with Gasteiger partial charge in [-0.2, -0.15) is 13.2 Å². The Kier molecular flexibility index (Phi) is 4.96. The van der Waals surface area contributed by atoms with E-state index in [0.717, 1.165) is 19.2 Å². The molecular formula is C13H8Cl2F3N3O4. The normalized spacial score (nSPS) is 11.6. The fourth-order valence-corrected chi connectivity index (χ4v) is 2.57. The van der Waals surface area contributed by atoms with E-state index < -0.39 is 45.3 Å². The Labute approximate surface area is 147 Å². The first-order chi connectivity index (χ1) is 11.4. The zero-order valence-corrected chi connectivity index (χ0v) is 13.8. The van der Waals surface area contributed by atoms with Crippen molar-refractivity contribution in [1.82, 2.24) is 9.13 Å². The van der Waals surface area contributed by atoms with Crippen LogP contribution in [-0.2, 0) is 19.8 Å². The number of alkyl halides is 3. The number of nitrogens with zero attached hydrogens (tertiary/aromatic N) is 3. The van der Waals surface area contributed by atoms with Gasteiger partial charge in [0, 0.05) is 19.2 Å². The molecule has 2 aromatic rings. The van der Waals surface area contributed by atoms with Crippen LogP contribution in [0.3, 0.4) is 0 Å². The number of halogens is 5. The molecule has 7 nitrogen and oxygen atoms in total. The van der Waals surface area contributed by atoms with Crippen molar-refractivity contribution in [3.05, 3.63) is 70.5 Å². The number of nitro benzene ring substituents is 1. The highest BCUT2D eigenvalue weighted by atomic mass is 35.5. The van der Waals surface area contributed by atoms with Crippen LogP contribution in [0.1, 0.15) is 11.3 Å². The van der Waals surface area contributed by atoms with E-state index >= 15 is 0 Å². The first-order valence-corrected chi connectivity index (χ1v) is 7.20. The molecule has 1 heterocycles. The van der Waals surface area contributed by atoms with E-state index in [2.05, 4.69) is 0 Å². The minimum Gasteiger partial charge on any atom is -0.292 e. The lowest BCUT2D eigenvalue weighted by atomic mass is 10.2. The summed E-state index contributed by atoms with van der Waals surface area (Å²) in [4.78, 5) is 34.0. The summed E-state index contributed by atoms with van der Waals surface area (Å²) in [6, 6.07) is 2.46. The monoisotopic (exact) mass is 397 g/mol. The zero-order chi connectivity index (χ0) is 19.1. The first-order valence-electron chi connectivity index (χ1n) is 6.44. The van der Waals surface area contributed by atoms with Gasteiger partial charge in [-0.3, -0.25) is 24.0 Å². The van der Waals surface area contributed by atoms with Crippen LogP contribution < -0.4 is 11.2 Å². The molecule has 12 heteroatoms. The summed E-state index contributed by atoms with van der Waals surface area (Å²) in [5, 5.41) is 10.1. The van der Waals surface area contributed by atoms with Crippen molar-refractivity contribution in [2.45, 2.75) is 12.7 Å². The molecule has 0 spiro atoms.